The molecule has 0 radical (unpaired) electrons. The molecule has 0 spiro atoms. The summed E-state index contributed by atoms with van der Waals surface area (Å²) in [6.07, 6.45) is 0. The average Bonchev–Trinajstić information content (AvgIpc) is 2.78. The zero-order valence-electron chi connectivity index (χ0n) is 26.1. The van der Waals surface area contributed by atoms with Crippen LogP contribution in [0, 0.1) is 0 Å². The number of hydrogen-bond donors (Lipinski definition) is 4. The second kappa shape index (κ2) is 13.3. The van der Waals surface area contributed by atoms with Gasteiger partial charge in [-0.2, -0.15) is 0 Å². The van der Waals surface area contributed by atoms with E-state index in [0.29, 0.717) is 16.8 Å². The van der Waals surface area contributed by atoms with Gasteiger partial charge in [0.05, 0.1) is 0 Å². The maximum atomic E-state index is 9.84. The Balaban J connectivity index is 0.000000302. The van der Waals surface area contributed by atoms with Gasteiger partial charge in [-0.1, -0.05) is 126 Å². The zero-order chi connectivity index (χ0) is 30.4. The minimum atomic E-state index is -1.90. The lowest BCUT2D eigenvalue weighted by Gasteiger charge is -2.25. The molecule has 3 rings (SSSR count). The smallest absolute Gasteiger partial charge is 0.199 e. The van der Waals surface area contributed by atoms with Crippen LogP contribution in [0.4, 0.5) is 0 Å². The molecule has 0 aliphatic heterocycles. The molecule has 3 aromatic rings. The van der Waals surface area contributed by atoms with Crippen LogP contribution in [0.5, 0.6) is 11.5 Å². The van der Waals surface area contributed by atoms with Crippen molar-refractivity contribution in [3.63, 3.8) is 0 Å². The lowest BCUT2D eigenvalue weighted by Crippen LogP contribution is -2.16. The summed E-state index contributed by atoms with van der Waals surface area (Å²) in [5.74, 6) is 0.797. The van der Waals surface area contributed by atoms with Crippen molar-refractivity contribution in [1.82, 2.24) is 0 Å². The van der Waals surface area contributed by atoms with Gasteiger partial charge in [0.2, 0.25) is 0 Å². The Bertz CT molecular complexity index is 1100. The lowest BCUT2D eigenvalue weighted by atomic mass is 9.80. The molecule has 5 heteroatoms. The predicted octanol–water partition coefficient (Wildman–Crippen LogP) is 8.58. The van der Waals surface area contributed by atoms with E-state index in [9.17, 15) is 10.2 Å². The topological polar surface area (TPSA) is 80.9 Å². The van der Waals surface area contributed by atoms with E-state index in [2.05, 4.69) is 95.2 Å². The maximum absolute atomic E-state index is 9.84. The van der Waals surface area contributed by atoms with Crippen LogP contribution in [0.2, 0.25) is 0 Å². The summed E-state index contributed by atoms with van der Waals surface area (Å²) in [5, 5.41) is 20.3. The Kier molecular flexibility index (Phi) is 11.8. The fraction of sp³-hybridized carbons (Fsp3) is 0.471. The summed E-state index contributed by atoms with van der Waals surface area (Å²) in [7, 11) is -1.90. The van der Waals surface area contributed by atoms with Crippen LogP contribution in [-0.4, -0.2) is 20.0 Å². The second-order valence-corrected chi connectivity index (χ2v) is 15.2. The van der Waals surface area contributed by atoms with Crippen LogP contribution in [0.25, 0.3) is 0 Å². The number of phenols is 2. The highest BCUT2D eigenvalue weighted by Crippen LogP contribution is 2.35. The summed E-state index contributed by atoms with van der Waals surface area (Å²) < 4.78 is 0. The zero-order valence-corrected chi connectivity index (χ0v) is 27.0. The lowest BCUT2D eigenvalue weighted by molar-refractivity contribution is 0.444. The van der Waals surface area contributed by atoms with Crippen LogP contribution >= 0.6 is 8.38 Å². The molecular formula is C34H51O4P. The molecule has 216 valence electrons. The van der Waals surface area contributed by atoms with Gasteiger partial charge in [-0.3, -0.25) is 0 Å². The van der Waals surface area contributed by atoms with E-state index in [1.807, 2.05) is 18.2 Å². The molecule has 0 aromatic heterocycles. The quantitative estimate of drug-likeness (QED) is 0.227. The predicted molar refractivity (Wildman–Crippen MR) is 168 cm³/mol. The Labute approximate surface area is 238 Å². The van der Waals surface area contributed by atoms with Gasteiger partial charge in [-0.05, 0) is 68.2 Å². The molecule has 0 heterocycles. The minimum Gasteiger partial charge on any atom is -0.508 e. The van der Waals surface area contributed by atoms with E-state index in [1.165, 1.54) is 11.1 Å². The highest BCUT2D eigenvalue weighted by atomic mass is 31.2. The molecule has 0 saturated heterocycles. The Morgan fingerprint density at radius 2 is 0.795 bits per heavy atom. The van der Waals surface area contributed by atoms with Gasteiger partial charge in [0.15, 0.2) is 8.38 Å². The first-order chi connectivity index (χ1) is 17.5. The van der Waals surface area contributed by atoms with Crippen LogP contribution < -0.4 is 5.30 Å². The van der Waals surface area contributed by atoms with E-state index in [0.717, 1.165) is 11.1 Å². The molecule has 0 aliphatic rings. The molecular weight excluding hydrogens is 503 g/mol. The molecule has 0 bridgehead atoms. The third kappa shape index (κ3) is 11.3. The molecule has 4 N–H and O–H groups in total. The Morgan fingerprint density at radius 1 is 0.462 bits per heavy atom. The fourth-order valence-electron chi connectivity index (χ4n) is 3.77. The maximum Gasteiger partial charge on any atom is 0.199 e. The number of hydrogen-bond acceptors (Lipinski definition) is 4. The van der Waals surface area contributed by atoms with Crippen LogP contribution in [0.15, 0.2) is 66.7 Å². The van der Waals surface area contributed by atoms with Gasteiger partial charge in [0, 0.05) is 5.30 Å². The minimum absolute atomic E-state index is 0.00859. The summed E-state index contributed by atoms with van der Waals surface area (Å²) in [5.41, 5.74) is 4.83. The van der Waals surface area contributed by atoms with Crippen molar-refractivity contribution in [2.75, 3.05) is 0 Å². The van der Waals surface area contributed by atoms with Crippen LogP contribution in [0.1, 0.15) is 105 Å². The molecule has 0 unspecified atom stereocenters. The molecule has 0 fully saturated rings. The molecule has 4 nitrogen and oxygen atoms in total. The monoisotopic (exact) mass is 554 g/mol. The molecule has 0 amide bonds. The van der Waals surface area contributed by atoms with Gasteiger partial charge in [0.25, 0.3) is 0 Å². The van der Waals surface area contributed by atoms with E-state index >= 15 is 0 Å². The van der Waals surface area contributed by atoms with Gasteiger partial charge < -0.3 is 20.0 Å². The van der Waals surface area contributed by atoms with Gasteiger partial charge in [0.1, 0.15) is 11.5 Å². The van der Waals surface area contributed by atoms with Crippen molar-refractivity contribution in [2.24, 2.45) is 0 Å². The summed E-state index contributed by atoms with van der Waals surface area (Å²) in [6, 6.07) is 20.6. The number of phenolic OH excluding ortho intramolecular Hbond substituents is 2. The Hall–Kier alpha value is -2.39. The molecule has 3 aromatic carbocycles. The first-order valence-electron chi connectivity index (χ1n) is 13.5. The van der Waals surface area contributed by atoms with Crippen molar-refractivity contribution in [1.29, 1.82) is 0 Å². The van der Waals surface area contributed by atoms with Crippen molar-refractivity contribution in [2.45, 2.75) is 105 Å². The van der Waals surface area contributed by atoms with Crippen LogP contribution in [-0.2, 0) is 21.7 Å². The number of benzene rings is 3. The van der Waals surface area contributed by atoms with Gasteiger partial charge >= 0.3 is 0 Å². The molecule has 0 atom stereocenters. The largest absolute Gasteiger partial charge is 0.508 e. The SMILES string of the molecule is CC(C)(C)c1ccc(O)c(C(C)(C)C)c1.CC(C)(C)c1ccc(O)c(C(C)(C)C)c1.OP(O)c1ccccc1. The summed E-state index contributed by atoms with van der Waals surface area (Å²) in [6.45, 7) is 25.8. The van der Waals surface area contributed by atoms with Crippen molar-refractivity contribution >= 4 is 13.7 Å². The molecule has 0 saturated carbocycles. The average molecular weight is 555 g/mol. The van der Waals surface area contributed by atoms with E-state index in [-0.39, 0.29) is 21.7 Å². The highest BCUT2D eigenvalue weighted by Gasteiger charge is 2.23. The summed E-state index contributed by atoms with van der Waals surface area (Å²) >= 11 is 0. The first kappa shape index (κ1) is 34.6. The third-order valence-corrected chi connectivity index (χ3v) is 7.09. The normalized spacial score (nSPS) is 12.3. The van der Waals surface area contributed by atoms with Gasteiger partial charge in [-0.25, -0.2) is 0 Å². The molecule has 39 heavy (non-hydrogen) atoms. The van der Waals surface area contributed by atoms with E-state index < -0.39 is 8.38 Å². The number of aromatic hydroxyl groups is 2. The van der Waals surface area contributed by atoms with Crippen molar-refractivity contribution < 1.29 is 20.0 Å². The van der Waals surface area contributed by atoms with Crippen LogP contribution in [0.3, 0.4) is 0 Å². The van der Waals surface area contributed by atoms with Crippen molar-refractivity contribution in [3.8, 4) is 11.5 Å². The third-order valence-electron chi connectivity index (χ3n) is 6.33. The second-order valence-electron chi connectivity index (χ2n) is 14.1. The van der Waals surface area contributed by atoms with E-state index in [1.54, 1.807) is 36.4 Å². The Morgan fingerprint density at radius 3 is 1.03 bits per heavy atom. The summed E-state index contributed by atoms with van der Waals surface area (Å²) in [4.78, 5) is 17.3. The van der Waals surface area contributed by atoms with E-state index in [4.69, 9.17) is 9.79 Å². The first-order valence-corrected chi connectivity index (χ1v) is 14.7. The fourth-order valence-corrected chi connectivity index (χ4v) is 4.21. The highest BCUT2D eigenvalue weighted by molar-refractivity contribution is 7.54. The van der Waals surface area contributed by atoms with Gasteiger partial charge in [-0.15, -0.1) is 0 Å². The molecule has 0 aliphatic carbocycles. The van der Waals surface area contributed by atoms with Crippen molar-refractivity contribution in [3.05, 3.63) is 89.0 Å². The standard InChI is InChI=1S/2C14H22O.C6H7O2P/c2*1-13(2,3)10-7-8-12(15)11(9-10)14(4,5)6;7-9(8)6-4-2-1-3-5-6/h2*7-9,15H,1-6H3;1-5,7-8H. The number of rotatable bonds is 1.